The zero-order valence-corrected chi connectivity index (χ0v) is 35.5. The first-order chi connectivity index (χ1) is 32.8. The van der Waals surface area contributed by atoms with Crippen molar-refractivity contribution in [2.24, 2.45) is 0 Å². The molecule has 0 N–H and O–H groups in total. The van der Waals surface area contributed by atoms with E-state index in [1.54, 1.807) is 0 Å². The Kier molecular flexibility index (Phi) is 8.67. The molecule has 9 aromatic carbocycles. The minimum Gasteiger partial charge on any atom is -0.307 e. The summed E-state index contributed by atoms with van der Waals surface area (Å²) >= 11 is 0. The van der Waals surface area contributed by atoms with Crippen LogP contribution in [0.25, 0.3) is 111 Å². The Morgan fingerprint density at radius 3 is 1.17 bits per heavy atom. The van der Waals surface area contributed by atoms with E-state index in [4.69, 9.17) is 20.6 Å². The van der Waals surface area contributed by atoms with Gasteiger partial charge in [0.15, 0.2) is 0 Å². The van der Waals surface area contributed by atoms with Gasteiger partial charge in [0.2, 0.25) is 0 Å². The number of aromatic nitrogens is 8. The van der Waals surface area contributed by atoms with Gasteiger partial charge in [-0.2, -0.15) is 0 Å². The third kappa shape index (κ3) is 5.93. The Labute approximate surface area is 379 Å². The second kappa shape index (κ2) is 15.3. The van der Waals surface area contributed by atoms with Crippen molar-refractivity contribution in [1.29, 1.82) is 0 Å². The van der Waals surface area contributed by atoms with Gasteiger partial charge in [-0.3, -0.25) is 0 Å². The maximum atomic E-state index is 4.83. The highest BCUT2D eigenvalue weighted by molar-refractivity contribution is 6.23. The van der Waals surface area contributed by atoms with Gasteiger partial charge in [0.05, 0.1) is 33.4 Å². The van der Waals surface area contributed by atoms with Crippen molar-refractivity contribution in [3.8, 4) is 67.8 Å². The molecule has 8 heteroatoms. The Bertz CT molecular complexity index is 3900. The number of hydrogen-bond donors (Lipinski definition) is 0. The van der Waals surface area contributed by atoms with E-state index in [-0.39, 0.29) is 0 Å². The van der Waals surface area contributed by atoms with Crippen LogP contribution in [0.5, 0.6) is 0 Å². The average molecular weight is 847 g/mol. The van der Waals surface area contributed by atoms with Crippen LogP contribution in [0.1, 0.15) is 0 Å². The van der Waals surface area contributed by atoms with Crippen molar-refractivity contribution >= 4 is 43.6 Å². The van der Waals surface area contributed by atoms with Crippen molar-refractivity contribution < 1.29 is 0 Å². The summed E-state index contributed by atoms with van der Waals surface area (Å²) in [6.45, 7) is 0. The molecule has 13 rings (SSSR count). The largest absolute Gasteiger partial charge is 0.307 e. The minimum atomic E-state index is 0.832. The maximum Gasteiger partial charge on any atom is 0.121 e. The molecule has 0 aliphatic heterocycles. The monoisotopic (exact) mass is 846 g/mol. The van der Waals surface area contributed by atoms with Crippen molar-refractivity contribution in [2.45, 2.75) is 0 Å². The van der Waals surface area contributed by atoms with Crippen LogP contribution in [0.4, 0.5) is 0 Å². The number of benzene rings is 9. The summed E-state index contributed by atoms with van der Waals surface area (Å²) in [4.78, 5) is 0. The molecule has 310 valence electrons. The Morgan fingerprint density at radius 2 is 0.667 bits per heavy atom. The van der Waals surface area contributed by atoms with Gasteiger partial charge in [0, 0.05) is 55.2 Å². The van der Waals surface area contributed by atoms with E-state index in [0.29, 0.717) is 0 Å². The van der Waals surface area contributed by atoms with Gasteiger partial charge in [-0.1, -0.05) is 186 Å². The first-order valence-electron chi connectivity index (χ1n) is 22.1. The Balaban J connectivity index is 1.02. The molecule has 0 amide bonds. The van der Waals surface area contributed by atoms with E-state index in [0.717, 1.165) is 89.8 Å². The SMILES string of the molecule is c1ccc(-c2nnn(-c3ccc(-n4c5ccccc5c5ccc6c7ccccc7n(-c7cccc(-n8nnc(-c9ccccc9)c8-c8ccccc8)c7)c6c54)cc3)c2-c2ccccc2)cc1. The lowest BCUT2D eigenvalue weighted by Gasteiger charge is -2.15. The van der Waals surface area contributed by atoms with Crippen LogP contribution in [-0.2, 0) is 0 Å². The second-order valence-electron chi connectivity index (χ2n) is 16.5. The molecular weight excluding hydrogens is 809 g/mol. The van der Waals surface area contributed by atoms with E-state index < -0.39 is 0 Å². The van der Waals surface area contributed by atoms with Crippen molar-refractivity contribution in [2.75, 3.05) is 0 Å². The summed E-state index contributed by atoms with van der Waals surface area (Å²) < 4.78 is 8.77. The predicted octanol–water partition coefficient (Wildman–Crippen LogP) is 13.7. The van der Waals surface area contributed by atoms with Crippen LogP contribution < -0.4 is 0 Å². The van der Waals surface area contributed by atoms with Gasteiger partial charge in [-0.05, 0) is 54.6 Å². The summed E-state index contributed by atoms with van der Waals surface area (Å²) in [5, 5.41) is 23.8. The van der Waals surface area contributed by atoms with Crippen molar-refractivity contribution in [3.05, 3.63) is 231 Å². The minimum absolute atomic E-state index is 0.832. The fourth-order valence-corrected chi connectivity index (χ4v) is 9.76. The van der Waals surface area contributed by atoms with Crippen LogP contribution >= 0.6 is 0 Å². The van der Waals surface area contributed by atoms with Crippen molar-refractivity contribution in [1.82, 2.24) is 39.1 Å². The molecule has 0 radical (unpaired) electrons. The molecule has 0 unspecified atom stereocenters. The maximum absolute atomic E-state index is 4.83. The van der Waals surface area contributed by atoms with Crippen LogP contribution in [0.2, 0.25) is 0 Å². The van der Waals surface area contributed by atoms with E-state index in [1.807, 2.05) is 57.9 Å². The molecular formula is C58H38N8. The summed E-state index contributed by atoms with van der Waals surface area (Å²) in [5.74, 6) is 0. The number of hydrogen-bond acceptors (Lipinski definition) is 4. The lowest BCUT2D eigenvalue weighted by molar-refractivity contribution is 0.808. The number of fused-ring (bicyclic) bond motifs is 7. The van der Waals surface area contributed by atoms with E-state index >= 15 is 0 Å². The van der Waals surface area contributed by atoms with Gasteiger partial charge in [0.1, 0.15) is 22.8 Å². The zero-order valence-electron chi connectivity index (χ0n) is 35.5. The smallest absolute Gasteiger partial charge is 0.121 e. The van der Waals surface area contributed by atoms with Gasteiger partial charge in [-0.15, -0.1) is 10.2 Å². The molecule has 13 aromatic rings. The Hall–Kier alpha value is -9.14. The molecule has 0 bridgehead atoms. The number of para-hydroxylation sites is 2. The molecule has 4 heterocycles. The molecule has 66 heavy (non-hydrogen) atoms. The highest BCUT2D eigenvalue weighted by Crippen LogP contribution is 2.43. The van der Waals surface area contributed by atoms with E-state index in [2.05, 4.69) is 191 Å². The molecule has 0 aliphatic rings. The van der Waals surface area contributed by atoms with Crippen LogP contribution in [0.3, 0.4) is 0 Å². The number of nitrogens with zero attached hydrogens (tertiary/aromatic N) is 8. The van der Waals surface area contributed by atoms with E-state index in [9.17, 15) is 0 Å². The lowest BCUT2D eigenvalue weighted by Crippen LogP contribution is -2.03. The van der Waals surface area contributed by atoms with E-state index in [1.165, 1.54) is 21.5 Å². The van der Waals surface area contributed by atoms with Crippen LogP contribution in [0, 0.1) is 0 Å². The Morgan fingerprint density at radius 1 is 0.273 bits per heavy atom. The second-order valence-corrected chi connectivity index (χ2v) is 16.5. The lowest BCUT2D eigenvalue weighted by atomic mass is 10.0. The summed E-state index contributed by atoms with van der Waals surface area (Å²) in [6, 6.07) is 80.7. The molecule has 0 spiro atoms. The summed E-state index contributed by atoms with van der Waals surface area (Å²) in [7, 11) is 0. The molecule has 8 nitrogen and oxygen atoms in total. The number of rotatable bonds is 8. The molecule has 0 aliphatic carbocycles. The topological polar surface area (TPSA) is 71.3 Å². The molecule has 0 saturated heterocycles. The fourth-order valence-electron chi connectivity index (χ4n) is 9.76. The van der Waals surface area contributed by atoms with Gasteiger partial charge in [-0.25, -0.2) is 9.36 Å². The molecule has 4 aromatic heterocycles. The van der Waals surface area contributed by atoms with Gasteiger partial charge in [0.25, 0.3) is 0 Å². The quantitative estimate of drug-likeness (QED) is 0.153. The van der Waals surface area contributed by atoms with Crippen LogP contribution in [0.15, 0.2) is 231 Å². The highest BCUT2D eigenvalue weighted by atomic mass is 15.4. The summed E-state index contributed by atoms with van der Waals surface area (Å²) in [6.07, 6.45) is 0. The van der Waals surface area contributed by atoms with Crippen molar-refractivity contribution in [3.63, 3.8) is 0 Å². The highest BCUT2D eigenvalue weighted by Gasteiger charge is 2.24. The first kappa shape index (κ1) is 37.4. The molecule has 0 atom stereocenters. The van der Waals surface area contributed by atoms with Gasteiger partial charge >= 0.3 is 0 Å². The van der Waals surface area contributed by atoms with Crippen LogP contribution in [-0.4, -0.2) is 39.1 Å². The normalized spacial score (nSPS) is 11.6. The standard InChI is InChI=1S/C58H38N8/c1-5-18-39(19-6-1)53-55(41-22-9-3-10-23-41)65(61-59-53)44-34-32-43(33-35-44)63-51-30-15-13-28-47(51)49-36-37-50-48-29-14-16-31-52(48)64(58(50)57(49)63)45-26-17-27-46(38-45)66-56(42-24-11-4-12-25-42)54(60-62-66)40-20-7-2-8-21-40/h1-38H. The predicted molar refractivity (Wildman–Crippen MR) is 267 cm³/mol. The molecule has 0 saturated carbocycles. The zero-order chi connectivity index (χ0) is 43.6. The summed E-state index contributed by atoms with van der Waals surface area (Å²) in [5.41, 5.74) is 16.0. The fraction of sp³-hybridized carbons (Fsp3) is 0. The van der Waals surface area contributed by atoms with Gasteiger partial charge < -0.3 is 9.13 Å². The molecule has 0 fully saturated rings. The first-order valence-corrected chi connectivity index (χ1v) is 22.1. The third-order valence-corrected chi connectivity index (χ3v) is 12.7. The average Bonchev–Trinajstić information content (AvgIpc) is 4.19. The third-order valence-electron chi connectivity index (χ3n) is 12.7.